The van der Waals surface area contributed by atoms with Crippen molar-refractivity contribution in [2.24, 2.45) is 5.73 Å². The van der Waals surface area contributed by atoms with Crippen LogP contribution in [-0.2, 0) is 5.92 Å². The Balaban J connectivity index is 3.37. The van der Waals surface area contributed by atoms with Gasteiger partial charge in [0.05, 0.1) is 11.5 Å². The van der Waals surface area contributed by atoms with Gasteiger partial charge in [0.2, 0.25) is 0 Å². The molecule has 0 aliphatic heterocycles. The molecule has 0 aliphatic carbocycles. The lowest BCUT2D eigenvalue weighted by molar-refractivity contribution is -0.387. The van der Waals surface area contributed by atoms with Crippen LogP contribution in [0.5, 0.6) is 0 Å². The number of hydrogen-bond acceptors (Lipinski definition) is 3. The number of nitrogens with two attached hydrogens (primary N) is 1. The Hall–Kier alpha value is -1.27. The number of hydrogen-bond donors (Lipinski definition) is 1. The third-order valence-corrected chi connectivity index (χ3v) is 2.04. The van der Waals surface area contributed by atoms with E-state index in [0.717, 1.165) is 12.1 Å². The van der Waals surface area contributed by atoms with Gasteiger partial charge in [-0.3, -0.25) is 10.1 Å². The molecule has 0 saturated carbocycles. The number of rotatable bonds is 3. The number of benzene rings is 1. The molecule has 0 aromatic heterocycles. The van der Waals surface area contributed by atoms with E-state index < -0.39 is 28.6 Å². The quantitative estimate of drug-likeness (QED) is 0.647. The van der Waals surface area contributed by atoms with Gasteiger partial charge in [-0.15, -0.1) is 0 Å². The molecule has 0 unspecified atom stereocenters. The van der Waals surface area contributed by atoms with Gasteiger partial charge in [0.15, 0.2) is 0 Å². The first-order valence-electron chi connectivity index (χ1n) is 3.91. The molecule has 0 bridgehead atoms. The summed E-state index contributed by atoms with van der Waals surface area (Å²) in [6, 6.07) is 2.96. The van der Waals surface area contributed by atoms with Crippen LogP contribution in [0.25, 0.3) is 0 Å². The second-order valence-electron chi connectivity index (χ2n) is 2.83. The minimum atomic E-state index is -3.45. The summed E-state index contributed by atoms with van der Waals surface area (Å²) in [4.78, 5) is 9.59. The normalized spacial score (nSPS) is 11.5. The fraction of sp³-hybridized carbons (Fsp3) is 0.250. The Labute approximate surface area is 88.8 Å². The van der Waals surface area contributed by atoms with Gasteiger partial charge in [0.1, 0.15) is 5.56 Å². The smallest absolute Gasteiger partial charge is 0.291 e. The van der Waals surface area contributed by atoms with Crippen molar-refractivity contribution in [3.8, 4) is 0 Å². The topological polar surface area (TPSA) is 69.2 Å². The minimum absolute atomic E-state index is 0.00345. The van der Waals surface area contributed by atoms with Crippen molar-refractivity contribution in [3.63, 3.8) is 0 Å². The van der Waals surface area contributed by atoms with E-state index in [1.165, 1.54) is 6.07 Å². The Morgan fingerprint density at radius 1 is 1.53 bits per heavy atom. The molecule has 0 saturated heterocycles. The lowest BCUT2D eigenvalue weighted by Gasteiger charge is -2.14. The molecule has 15 heavy (non-hydrogen) atoms. The predicted octanol–water partition coefficient (Wildman–Crippen LogP) is 2.30. The average Bonchev–Trinajstić information content (AvgIpc) is 2.17. The summed E-state index contributed by atoms with van der Waals surface area (Å²) in [5.74, 6) is -3.45. The number of nitro benzene ring substituents is 1. The maximum Gasteiger partial charge on any atom is 0.291 e. The molecule has 0 fully saturated rings. The molecule has 2 N–H and O–H groups in total. The van der Waals surface area contributed by atoms with Gasteiger partial charge in [-0.05, 0) is 12.1 Å². The third kappa shape index (κ3) is 2.40. The summed E-state index contributed by atoms with van der Waals surface area (Å²) in [5.41, 5.74) is 3.39. The molecule has 0 spiro atoms. The highest BCUT2D eigenvalue weighted by atomic mass is 35.5. The maximum absolute atomic E-state index is 13.2. The summed E-state index contributed by atoms with van der Waals surface area (Å²) < 4.78 is 26.4. The highest BCUT2D eigenvalue weighted by Crippen LogP contribution is 2.35. The lowest BCUT2D eigenvalue weighted by Crippen LogP contribution is -2.26. The van der Waals surface area contributed by atoms with Crippen LogP contribution < -0.4 is 5.73 Å². The molecule has 7 heteroatoms. The van der Waals surface area contributed by atoms with Crippen LogP contribution in [0.3, 0.4) is 0 Å². The van der Waals surface area contributed by atoms with Gasteiger partial charge >= 0.3 is 0 Å². The van der Waals surface area contributed by atoms with Crippen LogP contribution in [-0.4, -0.2) is 11.5 Å². The van der Waals surface area contributed by atoms with E-state index in [4.69, 9.17) is 17.3 Å². The van der Waals surface area contributed by atoms with E-state index in [9.17, 15) is 18.9 Å². The molecular weight excluding hydrogens is 230 g/mol. The Morgan fingerprint density at radius 3 is 2.60 bits per heavy atom. The summed E-state index contributed by atoms with van der Waals surface area (Å²) in [6.07, 6.45) is 0. The van der Waals surface area contributed by atoms with Crippen molar-refractivity contribution < 1.29 is 13.7 Å². The molecule has 1 aromatic carbocycles. The summed E-state index contributed by atoms with van der Waals surface area (Å²) in [5, 5.41) is 10.5. The first-order valence-corrected chi connectivity index (χ1v) is 4.28. The second-order valence-corrected chi connectivity index (χ2v) is 3.26. The van der Waals surface area contributed by atoms with E-state index in [1.807, 2.05) is 0 Å². The van der Waals surface area contributed by atoms with Crippen molar-refractivity contribution in [1.82, 2.24) is 0 Å². The van der Waals surface area contributed by atoms with E-state index in [0.29, 0.717) is 0 Å². The van der Waals surface area contributed by atoms with Gasteiger partial charge in [-0.25, -0.2) is 0 Å². The molecular formula is C8H7ClF2N2O2. The van der Waals surface area contributed by atoms with E-state index >= 15 is 0 Å². The van der Waals surface area contributed by atoms with Crippen LogP contribution >= 0.6 is 11.6 Å². The highest BCUT2D eigenvalue weighted by Gasteiger charge is 2.36. The van der Waals surface area contributed by atoms with Crippen molar-refractivity contribution in [2.75, 3.05) is 6.54 Å². The zero-order valence-electron chi connectivity index (χ0n) is 7.41. The molecule has 1 rings (SSSR count). The molecule has 0 atom stereocenters. The summed E-state index contributed by atoms with van der Waals surface area (Å²) in [7, 11) is 0. The number of nitro groups is 1. The Bertz CT molecular complexity index is 398. The zero-order valence-corrected chi connectivity index (χ0v) is 8.17. The van der Waals surface area contributed by atoms with E-state index in [2.05, 4.69) is 0 Å². The standard InChI is InChI=1S/C8H7ClF2N2O2/c9-5-1-2-7(13(14)15)6(3-5)8(10,11)4-12/h1-3H,4,12H2. The van der Waals surface area contributed by atoms with E-state index in [1.54, 1.807) is 0 Å². The maximum atomic E-state index is 13.2. The first-order chi connectivity index (χ1) is 6.88. The van der Waals surface area contributed by atoms with Crippen LogP contribution in [0.2, 0.25) is 5.02 Å². The first kappa shape index (κ1) is 11.8. The van der Waals surface area contributed by atoms with Crippen LogP contribution in [0.1, 0.15) is 5.56 Å². The van der Waals surface area contributed by atoms with Crippen LogP contribution in [0, 0.1) is 10.1 Å². The SMILES string of the molecule is NCC(F)(F)c1cc(Cl)ccc1[N+](=O)[O-]. The largest absolute Gasteiger partial charge is 0.325 e. The van der Waals surface area contributed by atoms with Crippen molar-refractivity contribution >= 4 is 17.3 Å². The fourth-order valence-electron chi connectivity index (χ4n) is 1.07. The Morgan fingerprint density at radius 2 is 2.13 bits per heavy atom. The molecule has 1 aromatic rings. The minimum Gasteiger partial charge on any atom is -0.325 e. The number of alkyl halides is 2. The van der Waals surface area contributed by atoms with Crippen LogP contribution in [0.4, 0.5) is 14.5 Å². The highest BCUT2D eigenvalue weighted by molar-refractivity contribution is 6.30. The van der Waals surface area contributed by atoms with Crippen molar-refractivity contribution in [3.05, 3.63) is 38.9 Å². The molecule has 0 aliphatic rings. The fourth-order valence-corrected chi connectivity index (χ4v) is 1.24. The average molecular weight is 237 g/mol. The summed E-state index contributed by atoms with van der Waals surface area (Å²) in [6.45, 7) is -1.01. The van der Waals surface area contributed by atoms with Gasteiger partial charge in [0.25, 0.3) is 11.6 Å². The molecule has 0 radical (unpaired) electrons. The Kier molecular flexibility index (Phi) is 3.21. The molecule has 0 amide bonds. The lowest BCUT2D eigenvalue weighted by atomic mass is 10.1. The monoisotopic (exact) mass is 236 g/mol. The van der Waals surface area contributed by atoms with Crippen molar-refractivity contribution in [1.29, 1.82) is 0 Å². The predicted molar refractivity (Wildman–Crippen MR) is 51.1 cm³/mol. The van der Waals surface area contributed by atoms with Gasteiger partial charge < -0.3 is 5.73 Å². The van der Waals surface area contributed by atoms with Crippen molar-refractivity contribution in [2.45, 2.75) is 5.92 Å². The van der Waals surface area contributed by atoms with Crippen LogP contribution in [0.15, 0.2) is 18.2 Å². The molecule has 82 valence electrons. The molecule has 0 heterocycles. The zero-order chi connectivity index (χ0) is 11.6. The second kappa shape index (κ2) is 4.08. The van der Waals surface area contributed by atoms with Gasteiger partial charge in [-0.1, -0.05) is 11.6 Å². The van der Waals surface area contributed by atoms with Gasteiger partial charge in [-0.2, -0.15) is 8.78 Å². The third-order valence-electron chi connectivity index (χ3n) is 1.81. The van der Waals surface area contributed by atoms with E-state index in [-0.39, 0.29) is 5.02 Å². The number of halogens is 3. The summed E-state index contributed by atoms with van der Waals surface area (Å²) >= 11 is 5.49. The van der Waals surface area contributed by atoms with Gasteiger partial charge in [0, 0.05) is 11.1 Å². The number of nitrogens with zero attached hydrogens (tertiary/aromatic N) is 1. The molecule has 4 nitrogen and oxygen atoms in total.